The van der Waals surface area contributed by atoms with Gasteiger partial charge in [-0.3, -0.25) is 0 Å². The smallest absolute Gasteiger partial charge is 0.226 e. The van der Waals surface area contributed by atoms with Crippen molar-refractivity contribution in [1.82, 2.24) is 9.97 Å². The van der Waals surface area contributed by atoms with E-state index in [1.807, 2.05) is 0 Å². The second kappa shape index (κ2) is 5.12. The fourth-order valence-electron chi connectivity index (χ4n) is 1.97. The molecular weight excluding hydrogens is 206 g/mol. The van der Waals surface area contributed by atoms with Crippen molar-refractivity contribution in [1.29, 1.82) is 0 Å². The average Bonchev–Trinajstić information content (AvgIpc) is 2.32. The van der Waals surface area contributed by atoms with E-state index in [0.717, 1.165) is 25.7 Å². The van der Waals surface area contributed by atoms with Crippen molar-refractivity contribution in [2.24, 2.45) is 0 Å². The molecule has 1 aliphatic carbocycles. The Kier molecular flexibility index (Phi) is 3.56. The maximum Gasteiger partial charge on any atom is 0.226 e. The number of anilines is 1. The van der Waals surface area contributed by atoms with E-state index in [4.69, 9.17) is 4.74 Å². The van der Waals surface area contributed by atoms with Gasteiger partial charge in [-0.15, -0.1) is 0 Å². The number of nitrogens with zero attached hydrogens (tertiary/aromatic N) is 2. The maximum atomic E-state index is 9.81. The number of aromatic nitrogens is 2. The average molecular weight is 223 g/mol. The first-order valence-corrected chi connectivity index (χ1v) is 5.61. The molecule has 0 aromatic carbocycles. The van der Waals surface area contributed by atoms with Gasteiger partial charge in [-0.2, -0.15) is 4.98 Å². The van der Waals surface area contributed by atoms with Gasteiger partial charge in [-0.25, -0.2) is 4.98 Å². The third kappa shape index (κ3) is 2.61. The largest absolute Gasteiger partial charge is 0.481 e. The quantitative estimate of drug-likeness (QED) is 0.806. The van der Waals surface area contributed by atoms with Gasteiger partial charge >= 0.3 is 0 Å². The molecule has 0 bridgehead atoms. The van der Waals surface area contributed by atoms with Crippen molar-refractivity contribution in [3.8, 4) is 5.88 Å². The highest BCUT2D eigenvalue weighted by atomic mass is 16.5. The van der Waals surface area contributed by atoms with E-state index in [1.54, 1.807) is 19.4 Å². The van der Waals surface area contributed by atoms with E-state index in [2.05, 4.69) is 15.3 Å². The number of rotatable bonds is 3. The first-order valence-electron chi connectivity index (χ1n) is 5.61. The highest BCUT2D eigenvalue weighted by Gasteiger charge is 2.23. The monoisotopic (exact) mass is 223 g/mol. The molecule has 5 heteroatoms. The number of aliphatic hydroxyl groups is 1. The van der Waals surface area contributed by atoms with Crippen LogP contribution in [0, 0.1) is 0 Å². The summed E-state index contributed by atoms with van der Waals surface area (Å²) in [6, 6.07) is 1.75. The van der Waals surface area contributed by atoms with Crippen molar-refractivity contribution in [3.05, 3.63) is 12.3 Å². The second-order valence-electron chi connectivity index (χ2n) is 4.03. The van der Waals surface area contributed by atoms with E-state index in [1.165, 1.54) is 0 Å². The number of methoxy groups -OCH3 is 1. The predicted octanol–water partition coefficient (Wildman–Crippen LogP) is 1.20. The van der Waals surface area contributed by atoms with Gasteiger partial charge in [0.15, 0.2) is 0 Å². The molecule has 5 nitrogen and oxygen atoms in total. The summed E-state index contributed by atoms with van der Waals surface area (Å²) in [5, 5.41) is 13.0. The first kappa shape index (κ1) is 11.1. The lowest BCUT2D eigenvalue weighted by Gasteiger charge is -2.28. The van der Waals surface area contributed by atoms with Gasteiger partial charge in [0.1, 0.15) is 0 Å². The molecule has 0 aliphatic heterocycles. The fraction of sp³-hybridized carbons (Fsp3) is 0.636. The standard InChI is InChI=1S/C11H17N3O2/c1-16-10-6-7-12-11(14-10)13-8-4-2-3-5-9(8)15/h6-9,15H,2-5H2,1H3,(H,12,13,14)/t8-,9-/m0/s1. The molecule has 0 unspecified atom stereocenters. The van der Waals surface area contributed by atoms with Crippen LogP contribution in [0.5, 0.6) is 5.88 Å². The topological polar surface area (TPSA) is 67.3 Å². The Hall–Kier alpha value is -1.36. The van der Waals surface area contributed by atoms with Crippen molar-refractivity contribution >= 4 is 5.95 Å². The van der Waals surface area contributed by atoms with Gasteiger partial charge in [0, 0.05) is 12.3 Å². The van der Waals surface area contributed by atoms with Gasteiger partial charge in [-0.1, -0.05) is 12.8 Å². The van der Waals surface area contributed by atoms with Crippen molar-refractivity contribution in [2.75, 3.05) is 12.4 Å². The van der Waals surface area contributed by atoms with Crippen molar-refractivity contribution < 1.29 is 9.84 Å². The van der Waals surface area contributed by atoms with E-state index in [9.17, 15) is 5.11 Å². The molecule has 1 saturated carbocycles. The lowest BCUT2D eigenvalue weighted by Crippen LogP contribution is -2.36. The van der Waals surface area contributed by atoms with E-state index < -0.39 is 0 Å². The second-order valence-corrected chi connectivity index (χ2v) is 4.03. The Bertz CT molecular complexity index is 346. The summed E-state index contributed by atoms with van der Waals surface area (Å²) in [5.41, 5.74) is 0. The summed E-state index contributed by atoms with van der Waals surface area (Å²) in [6.07, 6.45) is 5.38. The molecule has 2 rings (SSSR count). The molecule has 1 heterocycles. The lowest BCUT2D eigenvalue weighted by molar-refractivity contribution is 0.116. The SMILES string of the molecule is COc1ccnc(N[C@H]2CCCC[C@@H]2O)n1. The molecule has 1 aliphatic rings. The predicted molar refractivity (Wildman–Crippen MR) is 60.5 cm³/mol. The van der Waals surface area contributed by atoms with Crippen LogP contribution in [0.1, 0.15) is 25.7 Å². The minimum Gasteiger partial charge on any atom is -0.481 e. The van der Waals surface area contributed by atoms with Crippen LogP contribution in [-0.2, 0) is 0 Å². The number of ether oxygens (including phenoxy) is 1. The summed E-state index contributed by atoms with van der Waals surface area (Å²) < 4.78 is 5.02. The molecule has 1 aromatic rings. The van der Waals surface area contributed by atoms with Crippen molar-refractivity contribution in [2.45, 2.75) is 37.8 Å². The molecule has 2 N–H and O–H groups in total. The maximum absolute atomic E-state index is 9.81. The molecule has 0 spiro atoms. The van der Waals surface area contributed by atoms with Gasteiger partial charge in [-0.05, 0) is 12.8 Å². The molecule has 1 fully saturated rings. The summed E-state index contributed by atoms with van der Waals surface area (Å²) in [7, 11) is 1.57. The van der Waals surface area contributed by atoms with Gasteiger partial charge in [0.05, 0.1) is 19.3 Å². The minimum atomic E-state index is -0.302. The van der Waals surface area contributed by atoms with Crippen LogP contribution in [0.3, 0.4) is 0 Å². The molecule has 16 heavy (non-hydrogen) atoms. The fourth-order valence-corrected chi connectivity index (χ4v) is 1.97. The summed E-state index contributed by atoms with van der Waals surface area (Å²) in [5.74, 6) is 1.05. The molecular formula is C11H17N3O2. The number of aliphatic hydroxyl groups excluding tert-OH is 1. The van der Waals surface area contributed by atoms with Crippen LogP contribution in [0.25, 0.3) is 0 Å². The van der Waals surface area contributed by atoms with Crippen LogP contribution in [0.4, 0.5) is 5.95 Å². The van der Waals surface area contributed by atoms with Crippen LogP contribution in [0.15, 0.2) is 12.3 Å². The third-order valence-electron chi connectivity index (χ3n) is 2.88. The zero-order chi connectivity index (χ0) is 11.4. The van der Waals surface area contributed by atoms with Crippen LogP contribution in [-0.4, -0.2) is 34.3 Å². The first-order chi connectivity index (χ1) is 7.79. The number of hydrogen-bond acceptors (Lipinski definition) is 5. The number of nitrogens with one attached hydrogen (secondary N) is 1. The van der Waals surface area contributed by atoms with Crippen molar-refractivity contribution in [3.63, 3.8) is 0 Å². The third-order valence-corrected chi connectivity index (χ3v) is 2.88. The van der Waals surface area contributed by atoms with Crippen LogP contribution < -0.4 is 10.1 Å². The minimum absolute atomic E-state index is 0.0563. The Morgan fingerprint density at radius 1 is 1.44 bits per heavy atom. The summed E-state index contributed by atoms with van der Waals surface area (Å²) in [4.78, 5) is 8.27. The normalized spacial score (nSPS) is 25.1. The summed E-state index contributed by atoms with van der Waals surface area (Å²) >= 11 is 0. The highest BCUT2D eigenvalue weighted by Crippen LogP contribution is 2.21. The molecule has 1 aromatic heterocycles. The Balaban J connectivity index is 2.01. The van der Waals surface area contributed by atoms with E-state index in [0.29, 0.717) is 11.8 Å². The lowest BCUT2D eigenvalue weighted by atomic mass is 9.93. The van der Waals surface area contributed by atoms with Gasteiger partial charge in [0.25, 0.3) is 0 Å². The van der Waals surface area contributed by atoms with Crippen LogP contribution >= 0.6 is 0 Å². The molecule has 0 saturated heterocycles. The summed E-state index contributed by atoms with van der Waals surface area (Å²) in [6.45, 7) is 0. The van der Waals surface area contributed by atoms with Gasteiger partial charge < -0.3 is 15.2 Å². The Labute approximate surface area is 94.9 Å². The van der Waals surface area contributed by atoms with E-state index in [-0.39, 0.29) is 12.1 Å². The zero-order valence-corrected chi connectivity index (χ0v) is 9.39. The molecule has 2 atom stereocenters. The molecule has 0 radical (unpaired) electrons. The Morgan fingerprint density at radius 2 is 2.25 bits per heavy atom. The highest BCUT2D eigenvalue weighted by molar-refractivity contribution is 5.29. The van der Waals surface area contributed by atoms with Gasteiger partial charge in [0.2, 0.25) is 11.8 Å². The van der Waals surface area contributed by atoms with E-state index >= 15 is 0 Å². The molecule has 88 valence electrons. The molecule has 0 amide bonds. The zero-order valence-electron chi connectivity index (χ0n) is 9.39. The van der Waals surface area contributed by atoms with Crippen LogP contribution in [0.2, 0.25) is 0 Å². The Morgan fingerprint density at radius 3 is 3.00 bits per heavy atom. The number of hydrogen-bond donors (Lipinski definition) is 2.